The van der Waals surface area contributed by atoms with Crippen molar-refractivity contribution in [2.45, 2.75) is 6.23 Å². The summed E-state index contributed by atoms with van der Waals surface area (Å²) >= 11 is 5.88. The second kappa shape index (κ2) is 6.97. The lowest BCUT2D eigenvalue weighted by molar-refractivity contribution is -0.864. The molecule has 10 nitrogen and oxygen atoms in total. The van der Waals surface area contributed by atoms with Gasteiger partial charge in [-0.1, -0.05) is 11.6 Å². The molecule has 28 heavy (non-hydrogen) atoms. The Morgan fingerprint density at radius 2 is 1.96 bits per heavy atom. The molecule has 0 aromatic carbocycles. The van der Waals surface area contributed by atoms with Gasteiger partial charge in [-0.25, -0.2) is 19.7 Å². The van der Waals surface area contributed by atoms with E-state index in [1.165, 1.54) is 28.4 Å². The molecule has 0 spiro atoms. The number of pyridine rings is 1. The number of anilines is 1. The highest BCUT2D eigenvalue weighted by Crippen LogP contribution is 2.35. The Bertz CT molecular complexity index is 912. The third-order valence-corrected chi connectivity index (χ3v) is 4.96. The van der Waals surface area contributed by atoms with Gasteiger partial charge in [-0.15, -0.1) is 0 Å². The Labute approximate surface area is 165 Å². The van der Waals surface area contributed by atoms with Gasteiger partial charge in [-0.05, 0) is 12.1 Å². The average molecular weight is 405 g/mol. The van der Waals surface area contributed by atoms with E-state index in [4.69, 9.17) is 16.3 Å². The maximum absolute atomic E-state index is 12.8. The molecule has 2 aliphatic heterocycles. The SMILES string of the molecule is C[N+]1([O-])CCN(C(=O)O[C@H]2c3nccnc3C(=O)N2c2ccc(Cl)cn2)CC1. The summed E-state index contributed by atoms with van der Waals surface area (Å²) in [6.07, 6.45) is 2.48. The first-order valence-electron chi connectivity index (χ1n) is 8.63. The molecule has 2 aromatic rings. The molecule has 2 aromatic heterocycles. The maximum atomic E-state index is 12.8. The lowest BCUT2D eigenvalue weighted by atomic mass is 10.3. The molecular formula is C17H17ClN6O4. The zero-order chi connectivity index (χ0) is 19.9. The summed E-state index contributed by atoms with van der Waals surface area (Å²) in [6.45, 7) is 1.09. The van der Waals surface area contributed by atoms with Crippen LogP contribution < -0.4 is 4.90 Å². The number of amides is 2. The summed E-state index contributed by atoms with van der Waals surface area (Å²) in [4.78, 5) is 40.6. The number of ether oxygens (including phenoxy) is 1. The minimum Gasteiger partial charge on any atom is -0.633 e. The quantitative estimate of drug-likeness (QED) is 0.551. The van der Waals surface area contributed by atoms with Crippen LogP contribution in [0, 0.1) is 5.21 Å². The first kappa shape index (κ1) is 18.5. The number of quaternary nitrogens is 1. The molecule has 1 saturated heterocycles. The summed E-state index contributed by atoms with van der Waals surface area (Å²) in [7, 11) is 1.57. The van der Waals surface area contributed by atoms with Gasteiger partial charge in [-0.2, -0.15) is 0 Å². The molecule has 0 radical (unpaired) electrons. The first-order valence-corrected chi connectivity index (χ1v) is 9.01. The summed E-state index contributed by atoms with van der Waals surface area (Å²) in [6, 6.07) is 3.13. The molecule has 11 heteroatoms. The molecule has 4 heterocycles. The Morgan fingerprint density at radius 1 is 1.25 bits per heavy atom. The summed E-state index contributed by atoms with van der Waals surface area (Å²) in [5.41, 5.74) is 0.332. The Balaban J connectivity index is 1.61. The van der Waals surface area contributed by atoms with Crippen molar-refractivity contribution in [3.8, 4) is 0 Å². The monoisotopic (exact) mass is 404 g/mol. The van der Waals surface area contributed by atoms with E-state index in [-0.39, 0.29) is 43.4 Å². The molecule has 0 unspecified atom stereocenters. The van der Waals surface area contributed by atoms with Crippen LogP contribution in [0.25, 0.3) is 0 Å². The van der Waals surface area contributed by atoms with Gasteiger partial charge >= 0.3 is 6.09 Å². The molecular weight excluding hydrogens is 388 g/mol. The minimum absolute atomic E-state index is 0.0968. The van der Waals surface area contributed by atoms with Gasteiger partial charge in [0.05, 0.1) is 38.2 Å². The van der Waals surface area contributed by atoms with Crippen LogP contribution in [0.15, 0.2) is 30.7 Å². The van der Waals surface area contributed by atoms with E-state index < -0.39 is 22.9 Å². The van der Waals surface area contributed by atoms with E-state index in [1.807, 2.05) is 0 Å². The third kappa shape index (κ3) is 3.37. The second-order valence-electron chi connectivity index (χ2n) is 6.77. The van der Waals surface area contributed by atoms with Crippen molar-refractivity contribution in [2.75, 3.05) is 38.1 Å². The van der Waals surface area contributed by atoms with Crippen LogP contribution in [0.2, 0.25) is 5.02 Å². The first-order chi connectivity index (χ1) is 13.4. The highest BCUT2D eigenvalue weighted by molar-refractivity contribution is 6.30. The van der Waals surface area contributed by atoms with Crippen molar-refractivity contribution in [3.05, 3.63) is 52.3 Å². The molecule has 0 bridgehead atoms. The van der Waals surface area contributed by atoms with Gasteiger partial charge in [0.2, 0.25) is 6.23 Å². The number of halogens is 1. The van der Waals surface area contributed by atoms with Crippen molar-refractivity contribution in [3.63, 3.8) is 0 Å². The van der Waals surface area contributed by atoms with Gasteiger partial charge in [0.15, 0.2) is 5.69 Å². The van der Waals surface area contributed by atoms with Crippen LogP contribution in [-0.2, 0) is 4.74 Å². The van der Waals surface area contributed by atoms with E-state index in [9.17, 15) is 14.8 Å². The van der Waals surface area contributed by atoms with Crippen molar-refractivity contribution in [1.82, 2.24) is 19.9 Å². The summed E-state index contributed by atoms with van der Waals surface area (Å²) in [5.74, 6) is -0.215. The van der Waals surface area contributed by atoms with Gasteiger partial charge in [0, 0.05) is 18.6 Å². The molecule has 4 rings (SSSR count). The van der Waals surface area contributed by atoms with Crippen molar-refractivity contribution < 1.29 is 19.0 Å². The fourth-order valence-corrected chi connectivity index (χ4v) is 3.23. The van der Waals surface area contributed by atoms with Gasteiger partial charge < -0.3 is 14.6 Å². The number of aromatic nitrogens is 3. The van der Waals surface area contributed by atoms with Crippen molar-refractivity contribution in [1.29, 1.82) is 0 Å². The van der Waals surface area contributed by atoms with E-state index in [1.54, 1.807) is 19.2 Å². The smallest absolute Gasteiger partial charge is 0.412 e. The van der Waals surface area contributed by atoms with Crippen molar-refractivity contribution in [2.24, 2.45) is 0 Å². The van der Waals surface area contributed by atoms with Crippen molar-refractivity contribution >= 4 is 29.4 Å². The molecule has 146 valence electrons. The largest absolute Gasteiger partial charge is 0.633 e. The number of carbonyl (C=O) groups excluding carboxylic acids is 2. The van der Waals surface area contributed by atoms with Crippen LogP contribution in [-0.4, -0.2) is 69.7 Å². The fourth-order valence-electron chi connectivity index (χ4n) is 3.12. The number of hydroxylamine groups is 3. The van der Waals surface area contributed by atoms with Crippen LogP contribution in [0.4, 0.5) is 10.6 Å². The third-order valence-electron chi connectivity index (χ3n) is 4.73. The predicted octanol–water partition coefficient (Wildman–Crippen LogP) is 1.58. The van der Waals surface area contributed by atoms with E-state index in [0.29, 0.717) is 5.02 Å². The molecule has 1 fully saturated rings. The zero-order valence-corrected chi connectivity index (χ0v) is 15.7. The number of hydrogen-bond donors (Lipinski definition) is 0. The number of fused-ring (bicyclic) bond motifs is 1. The predicted molar refractivity (Wildman–Crippen MR) is 98.2 cm³/mol. The number of rotatable bonds is 2. The standard InChI is InChI=1S/C17H17ClN6O4/c1-24(27)8-6-22(7-9-24)17(26)28-16-14-13(19-4-5-20-14)15(25)23(16)12-3-2-11(18)10-21-12/h2-5,10,16H,6-9H2,1H3/t16-/m0/s1. The summed E-state index contributed by atoms with van der Waals surface area (Å²) < 4.78 is 5.22. The zero-order valence-electron chi connectivity index (χ0n) is 15.0. The number of nitrogens with zero attached hydrogens (tertiary/aromatic N) is 6. The molecule has 0 saturated carbocycles. The highest BCUT2D eigenvalue weighted by atomic mass is 35.5. The topological polar surface area (TPSA) is 112 Å². The number of likely N-dealkylation sites (N-methyl/N-ethyl adjacent to an activating group) is 1. The Morgan fingerprint density at radius 3 is 2.64 bits per heavy atom. The Hall–Kier alpha value is -2.82. The maximum Gasteiger partial charge on any atom is 0.412 e. The molecule has 0 aliphatic carbocycles. The molecule has 2 aliphatic rings. The van der Waals surface area contributed by atoms with Gasteiger partial charge in [-0.3, -0.25) is 14.7 Å². The Kier molecular flexibility index (Phi) is 4.61. The lowest BCUT2D eigenvalue weighted by Crippen LogP contribution is -2.55. The number of carbonyl (C=O) groups is 2. The average Bonchev–Trinajstić information content (AvgIpc) is 2.95. The second-order valence-corrected chi connectivity index (χ2v) is 7.20. The number of piperazine rings is 1. The normalized spacial score (nSPS) is 20.8. The fraction of sp³-hybridized carbons (Fsp3) is 0.353. The van der Waals surface area contributed by atoms with Gasteiger partial charge in [0.1, 0.15) is 11.5 Å². The van der Waals surface area contributed by atoms with E-state index in [2.05, 4.69) is 15.0 Å². The van der Waals surface area contributed by atoms with Crippen LogP contribution in [0.1, 0.15) is 22.4 Å². The highest BCUT2D eigenvalue weighted by Gasteiger charge is 2.44. The van der Waals surface area contributed by atoms with Crippen LogP contribution in [0.5, 0.6) is 0 Å². The van der Waals surface area contributed by atoms with Crippen LogP contribution >= 0.6 is 11.6 Å². The molecule has 0 N–H and O–H groups in total. The molecule has 2 amide bonds. The lowest BCUT2D eigenvalue weighted by Gasteiger charge is -2.44. The van der Waals surface area contributed by atoms with Crippen LogP contribution in [0.3, 0.4) is 0 Å². The molecule has 1 atom stereocenters. The van der Waals surface area contributed by atoms with Gasteiger partial charge in [0.25, 0.3) is 5.91 Å². The summed E-state index contributed by atoms with van der Waals surface area (Å²) in [5, 5.41) is 12.4. The van der Waals surface area contributed by atoms with E-state index >= 15 is 0 Å². The minimum atomic E-state index is -1.10. The van der Waals surface area contributed by atoms with E-state index in [0.717, 1.165) is 0 Å². The number of hydrogen-bond acceptors (Lipinski definition) is 7.